The zero-order valence-corrected chi connectivity index (χ0v) is 32.7. The van der Waals surface area contributed by atoms with Gasteiger partial charge in [0.15, 0.2) is 6.10 Å². The van der Waals surface area contributed by atoms with Gasteiger partial charge in [-0.25, -0.2) is 22.4 Å². The summed E-state index contributed by atoms with van der Waals surface area (Å²) >= 11 is 0. The number of nitrogens with one attached hydrogen (secondary N) is 4. The van der Waals surface area contributed by atoms with Gasteiger partial charge in [0.25, 0.3) is 11.8 Å². The van der Waals surface area contributed by atoms with Gasteiger partial charge in [-0.1, -0.05) is 18.2 Å². The molecule has 2 saturated carbocycles. The lowest BCUT2D eigenvalue weighted by atomic mass is 10.1. The Balaban J connectivity index is 1.22. The van der Waals surface area contributed by atoms with Crippen molar-refractivity contribution in [1.82, 2.24) is 30.5 Å². The number of esters is 1. The van der Waals surface area contributed by atoms with E-state index in [9.17, 15) is 46.4 Å². The Morgan fingerprint density at radius 2 is 1.84 bits per heavy atom. The smallest absolute Gasteiger partial charge is 0.410 e. The summed E-state index contributed by atoms with van der Waals surface area (Å²) in [5.41, 5.74) is -1.75. The molecule has 6 amide bonds. The fourth-order valence-electron chi connectivity index (χ4n) is 7.19. The van der Waals surface area contributed by atoms with Crippen LogP contribution in [0, 0.1) is 11.7 Å². The van der Waals surface area contributed by atoms with Crippen molar-refractivity contribution in [3.63, 3.8) is 0 Å². The summed E-state index contributed by atoms with van der Waals surface area (Å²) in [5, 5.41) is 7.00. The molecule has 3 heterocycles. The molecule has 0 bridgehead atoms. The van der Waals surface area contributed by atoms with Crippen LogP contribution in [0.1, 0.15) is 76.8 Å². The van der Waals surface area contributed by atoms with Gasteiger partial charge in [0, 0.05) is 43.8 Å². The number of ether oxygens (including phenoxy) is 3. The van der Waals surface area contributed by atoms with E-state index >= 15 is 0 Å². The monoisotopic (exact) mass is 818 g/mol. The topological polar surface area (TPSA) is 236 Å². The molecule has 2 saturated heterocycles. The first-order chi connectivity index (χ1) is 26.8. The van der Waals surface area contributed by atoms with Crippen LogP contribution in [0.2, 0.25) is 0 Å². The summed E-state index contributed by atoms with van der Waals surface area (Å²) in [7, 11) is -3.99. The van der Waals surface area contributed by atoms with Crippen LogP contribution in [-0.4, -0.2) is 114 Å². The van der Waals surface area contributed by atoms with Crippen molar-refractivity contribution in [2.75, 3.05) is 13.1 Å². The van der Waals surface area contributed by atoms with Crippen molar-refractivity contribution >= 4 is 51.8 Å². The van der Waals surface area contributed by atoms with Gasteiger partial charge in [0.05, 0.1) is 18.3 Å². The summed E-state index contributed by atoms with van der Waals surface area (Å²) in [6.07, 6.45) is -1.97. The number of cyclic esters (lactones) is 1. The summed E-state index contributed by atoms with van der Waals surface area (Å²) in [6.45, 7) is 7.97. The maximum Gasteiger partial charge on any atom is 0.410 e. The molecule has 1 aromatic rings. The Labute approximate surface area is 328 Å². The van der Waals surface area contributed by atoms with Crippen LogP contribution < -0.4 is 20.7 Å². The van der Waals surface area contributed by atoms with Gasteiger partial charge in [0.2, 0.25) is 21.8 Å². The van der Waals surface area contributed by atoms with Crippen molar-refractivity contribution in [3.8, 4) is 0 Å². The molecule has 2 aliphatic carbocycles. The van der Waals surface area contributed by atoms with Crippen molar-refractivity contribution < 1.29 is 60.6 Å². The highest BCUT2D eigenvalue weighted by atomic mass is 32.2. The van der Waals surface area contributed by atoms with E-state index in [0.29, 0.717) is 24.0 Å². The number of rotatable bonds is 13. The van der Waals surface area contributed by atoms with E-state index in [1.165, 1.54) is 23.1 Å². The molecule has 1 aromatic carbocycles. The summed E-state index contributed by atoms with van der Waals surface area (Å²) in [6, 6.07) is 1.65. The predicted octanol–water partition coefficient (Wildman–Crippen LogP) is 1.02. The molecule has 6 rings (SSSR count). The van der Waals surface area contributed by atoms with Gasteiger partial charge in [-0.05, 0) is 58.1 Å². The van der Waals surface area contributed by atoms with E-state index in [4.69, 9.17) is 14.2 Å². The first-order valence-corrected chi connectivity index (χ1v) is 20.3. The van der Waals surface area contributed by atoms with Crippen LogP contribution in [0.15, 0.2) is 30.9 Å². The molecule has 4 N–H and O–H groups in total. The van der Waals surface area contributed by atoms with Gasteiger partial charge in [-0.2, -0.15) is 0 Å². The average Bonchev–Trinajstić information content (AvgIpc) is 3.95. The fourth-order valence-corrected chi connectivity index (χ4v) is 8.56. The maximum absolute atomic E-state index is 14.5. The lowest BCUT2D eigenvalue weighted by Gasteiger charge is -2.30. The zero-order valence-electron chi connectivity index (χ0n) is 31.8. The summed E-state index contributed by atoms with van der Waals surface area (Å²) < 4.78 is 58.0. The van der Waals surface area contributed by atoms with E-state index in [2.05, 4.69) is 27.3 Å². The van der Waals surface area contributed by atoms with Crippen LogP contribution >= 0.6 is 0 Å². The SMILES string of the molecule is C=CC1C[C@]1(NC(=O)[C@@H]1C[C@@H](OC(=O)N2Cc3cccc(F)c3C2)CN1C(=O)[C@H](CCNC(=O)[C@@H]1CCC(=O)O1)NC(=O)OC(C)(C)C)C(=O)NS(=O)(=O)C1CC1. The molecule has 3 aliphatic heterocycles. The number of hydrogen-bond acceptors (Lipinski definition) is 12. The second-order valence-electron chi connectivity index (χ2n) is 16.0. The number of fused-ring (bicyclic) bond motifs is 1. The normalized spacial score (nSPS) is 25.7. The van der Waals surface area contributed by atoms with E-state index < -0.39 is 104 Å². The molecule has 5 aliphatic rings. The Morgan fingerprint density at radius 3 is 2.46 bits per heavy atom. The number of likely N-dealkylation sites (tertiary alicyclic amines) is 1. The third-order valence-electron chi connectivity index (χ3n) is 10.4. The van der Waals surface area contributed by atoms with E-state index in [0.717, 1.165) is 4.90 Å². The van der Waals surface area contributed by atoms with Gasteiger partial charge in [-0.3, -0.25) is 33.6 Å². The number of carbonyl (C=O) groups is 7. The molecule has 0 spiro atoms. The molecule has 4 fully saturated rings. The molecule has 310 valence electrons. The van der Waals surface area contributed by atoms with Gasteiger partial charge >= 0.3 is 18.2 Å². The lowest BCUT2D eigenvalue weighted by molar-refractivity contribution is -0.148. The van der Waals surface area contributed by atoms with Crippen LogP contribution in [0.25, 0.3) is 0 Å². The second-order valence-corrected chi connectivity index (χ2v) is 17.9. The number of halogens is 1. The largest absolute Gasteiger partial charge is 0.452 e. The van der Waals surface area contributed by atoms with Crippen LogP contribution in [0.4, 0.5) is 14.0 Å². The van der Waals surface area contributed by atoms with Crippen molar-refractivity contribution in [3.05, 3.63) is 47.8 Å². The molecule has 1 unspecified atom stereocenters. The Bertz CT molecular complexity index is 1970. The molecule has 18 nitrogen and oxygen atoms in total. The van der Waals surface area contributed by atoms with Crippen molar-refractivity contribution in [2.45, 2.75) is 119 Å². The number of amides is 6. The van der Waals surface area contributed by atoms with Crippen LogP contribution in [-0.2, 0) is 61.3 Å². The highest BCUT2D eigenvalue weighted by Crippen LogP contribution is 2.45. The second kappa shape index (κ2) is 15.9. The summed E-state index contributed by atoms with van der Waals surface area (Å²) in [4.78, 5) is 95.0. The zero-order chi connectivity index (χ0) is 41.4. The molecule has 0 aromatic heterocycles. The number of hydrogen-bond donors (Lipinski definition) is 4. The highest BCUT2D eigenvalue weighted by Gasteiger charge is 2.62. The van der Waals surface area contributed by atoms with Crippen LogP contribution in [0.5, 0.6) is 0 Å². The number of carbonyl (C=O) groups excluding carboxylic acids is 7. The average molecular weight is 819 g/mol. The molecule has 20 heteroatoms. The standard InChI is InChI=1S/C37H47FN6O12S/c1-5-21-16-37(21,33(49)42-57(52,53)23-9-10-23)41-30(46)27-15-22(54-35(51)43-17-20-7-6-8-25(38)24(20)19-43)18-44(27)32(48)26(40-34(50)56-36(2,3)4)13-14-39-31(47)28-11-12-29(45)55-28/h5-8,21-23,26-28H,1,9-19H2,2-4H3,(H,39,47)(H,40,50)(H,41,46)(H,42,49)/t21?,22-,26+,27+,28+,37-/m1/s1. The number of benzene rings is 1. The Kier molecular flexibility index (Phi) is 11.6. The molecule has 6 atom stereocenters. The summed E-state index contributed by atoms with van der Waals surface area (Å²) in [5.74, 6) is -4.92. The number of sulfonamides is 1. The lowest BCUT2D eigenvalue weighted by Crippen LogP contribution is -2.58. The fraction of sp³-hybridized carbons (Fsp3) is 0.595. The molecule has 0 radical (unpaired) electrons. The van der Waals surface area contributed by atoms with Crippen molar-refractivity contribution in [2.24, 2.45) is 5.92 Å². The van der Waals surface area contributed by atoms with Gasteiger partial charge in [0.1, 0.15) is 35.1 Å². The number of nitrogens with zero attached hydrogens (tertiary/aromatic N) is 2. The minimum absolute atomic E-state index is 0.0260. The van der Waals surface area contributed by atoms with Crippen LogP contribution in [0.3, 0.4) is 0 Å². The third kappa shape index (κ3) is 9.48. The van der Waals surface area contributed by atoms with Gasteiger partial charge < -0.3 is 35.1 Å². The maximum atomic E-state index is 14.5. The molecular weight excluding hydrogens is 772 g/mol. The van der Waals surface area contributed by atoms with Gasteiger partial charge in [-0.15, -0.1) is 6.58 Å². The van der Waals surface area contributed by atoms with Crippen molar-refractivity contribution in [1.29, 1.82) is 0 Å². The van der Waals surface area contributed by atoms with E-state index in [-0.39, 0.29) is 58.3 Å². The number of alkyl carbamates (subject to hydrolysis) is 1. The minimum Gasteiger partial charge on any atom is -0.452 e. The highest BCUT2D eigenvalue weighted by molar-refractivity contribution is 7.91. The Morgan fingerprint density at radius 1 is 1.11 bits per heavy atom. The first kappa shape index (κ1) is 41.4. The third-order valence-corrected chi connectivity index (χ3v) is 12.3. The quantitative estimate of drug-likeness (QED) is 0.124. The first-order valence-electron chi connectivity index (χ1n) is 18.8. The Hall–Kier alpha value is -5.27. The molecule has 57 heavy (non-hydrogen) atoms. The predicted molar refractivity (Wildman–Crippen MR) is 195 cm³/mol. The minimum atomic E-state index is -3.99. The van der Waals surface area contributed by atoms with E-state index in [1.54, 1.807) is 26.8 Å². The van der Waals surface area contributed by atoms with E-state index in [1.807, 2.05) is 0 Å². The molecular formula is C37H47FN6O12S.